The minimum atomic E-state index is -3.69. The van der Waals surface area contributed by atoms with Gasteiger partial charge in [-0.3, -0.25) is 9.71 Å². The first kappa shape index (κ1) is 13.1. The van der Waals surface area contributed by atoms with E-state index in [-0.39, 0.29) is 5.09 Å². The summed E-state index contributed by atoms with van der Waals surface area (Å²) in [5.41, 5.74) is 0.453. The maximum atomic E-state index is 12.1. The molecule has 0 amide bonds. The van der Waals surface area contributed by atoms with Crippen LogP contribution in [0.15, 0.2) is 46.2 Å². The van der Waals surface area contributed by atoms with Crippen LogP contribution in [0.2, 0.25) is 0 Å². The van der Waals surface area contributed by atoms with Crippen LogP contribution in [0.25, 0.3) is 0 Å². The Balaban J connectivity index is 1.70. The SMILES string of the molecule is O=S(=O)(Nc1ccncc1)c1ccc(CNC2CC2)o1. The normalized spacial score (nSPS) is 15.2. The number of anilines is 1. The summed E-state index contributed by atoms with van der Waals surface area (Å²) in [6.45, 7) is 0.551. The maximum Gasteiger partial charge on any atom is 0.295 e. The standard InChI is InChI=1S/C13H15N3O3S/c17-20(18,16-11-5-7-14-8-6-11)13-4-3-12(19-13)9-15-10-1-2-10/h3-8,10,15H,1-2,9H2,(H,14,16). The molecule has 0 bridgehead atoms. The van der Waals surface area contributed by atoms with Crippen LogP contribution in [0.5, 0.6) is 0 Å². The van der Waals surface area contributed by atoms with E-state index in [1.54, 1.807) is 18.2 Å². The van der Waals surface area contributed by atoms with E-state index >= 15 is 0 Å². The van der Waals surface area contributed by atoms with Gasteiger partial charge in [-0.2, -0.15) is 8.42 Å². The molecule has 106 valence electrons. The molecule has 20 heavy (non-hydrogen) atoms. The van der Waals surface area contributed by atoms with E-state index in [1.165, 1.54) is 31.3 Å². The van der Waals surface area contributed by atoms with Gasteiger partial charge in [0.05, 0.1) is 12.2 Å². The number of nitrogens with zero attached hydrogens (tertiary/aromatic N) is 1. The Bertz CT molecular complexity index is 678. The van der Waals surface area contributed by atoms with Crippen LogP contribution in [0.4, 0.5) is 5.69 Å². The summed E-state index contributed by atoms with van der Waals surface area (Å²) in [6, 6.07) is 6.85. The monoisotopic (exact) mass is 293 g/mol. The Kier molecular flexibility index (Phi) is 3.45. The van der Waals surface area contributed by atoms with E-state index in [1.807, 2.05) is 0 Å². The van der Waals surface area contributed by atoms with Crippen LogP contribution in [-0.4, -0.2) is 19.4 Å². The summed E-state index contributed by atoms with van der Waals surface area (Å²) in [5, 5.41) is 3.19. The largest absolute Gasteiger partial charge is 0.446 e. The summed E-state index contributed by atoms with van der Waals surface area (Å²) in [5.74, 6) is 0.618. The average molecular weight is 293 g/mol. The number of aromatic nitrogens is 1. The Morgan fingerprint density at radius 2 is 1.95 bits per heavy atom. The van der Waals surface area contributed by atoms with Crippen molar-refractivity contribution in [3.8, 4) is 0 Å². The van der Waals surface area contributed by atoms with Crippen molar-refractivity contribution in [2.24, 2.45) is 0 Å². The smallest absolute Gasteiger partial charge is 0.295 e. The topological polar surface area (TPSA) is 84.2 Å². The average Bonchev–Trinajstić information content (AvgIpc) is 3.13. The molecule has 7 heteroatoms. The van der Waals surface area contributed by atoms with Gasteiger partial charge < -0.3 is 9.73 Å². The summed E-state index contributed by atoms with van der Waals surface area (Å²) in [7, 11) is -3.69. The van der Waals surface area contributed by atoms with E-state index in [0.29, 0.717) is 24.0 Å². The minimum Gasteiger partial charge on any atom is -0.446 e. The van der Waals surface area contributed by atoms with Gasteiger partial charge in [0.25, 0.3) is 10.0 Å². The van der Waals surface area contributed by atoms with Gasteiger partial charge in [0.2, 0.25) is 5.09 Å². The molecule has 0 radical (unpaired) electrons. The zero-order chi connectivity index (χ0) is 14.0. The Labute approximate surface area is 117 Å². The first-order valence-corrected chi connectivity index (χ1v) is 7.87. The third-order valence-corrected chi connectivity index (χ3v) is 4.23. The van der Waals surface area contributed by atoms with Crippen LogP contribution >= 0.6 is 0 Å². The van der Waals surface area contributed by atoms with Crippen LogP contribution in [0, 0.1) is 0 Å². The van der Waals surface area contributed by atoms with Gasteiger partial charge in [-0.1, -0.05) is 0 Å². The fourth-order valence-electron chi connectivity index (χ4n) is 1.76. The second-order valence-corrected chi connectivity index (χ2v) is 6.33. The minimum absolute atomic E-state index is 0.0816. The zero-order valence-electron chi connectivity index (χ0n) is 10.7. The Hall–Kier alpha value is -1.86. The van der Waals surface area contributed by atoms with Gasteiger partial charge in [0.15, 0.2) is 0 Å². The highest BCUT2D eigenvalue weighted by Crippen LogP contribution is 2.21. The molecule has 1 saturated carbocycles. The molecule has 0 spiro atoms. The molecule has 2 heterocycles. The van der Waals surface area contributed by atoms with Gasteiger partial charge >= 0.3 is 0 Å². The first-order valence-electron chi connectivity index (χ1n) is 6.38. The fraction of sp³-hybridized carbons (Fsp3) is 0.308. The lowest BCUT2D eigenvalue weighted by Gasteiger charge is -2.05. The molecule has 3 rings (SSSR count). The first-order chi connectivity index (χ1) is 9.63. The van der Waals surface area contributed by atoms with Gasteiger partial charge in [-0.05, 0) is 37.1 Å². The predicted octanol–water partition coefficient (Wildman–Crippen LogP) is 1.73. The molecule has 0 unspecified atom stereocenters. The molecule has 2 aromatic rings. The third kappa shape index (κ3) is 3.17. The number of hydrogen-bond donors (Lipinski definition) is 2. The quantitative estimate of drug-likeness (QED) is 0.847. The highest BCUT2D eigenvalue weighted by molar-refractivity contribution is 7.92. The van der Waals surface area contributed by atoms with E-state index in [2.05, 4.69) is 15.0 Å². The van der Waals surface area contributed by atoms with Gasteiger partial charge in [-0.25, -0.2) is 0 Å². The van der Waals surface area contributed by atoms with Crippen LogP contribution in [0.3, 0.4) is 0 Å². The molecule has 0 saturated heterocycles. The molecule has 2 N–H and O–H groups in total. The summed E-state index contributed by atoms with van der Waals surface area (Å²) in [4.78, 5) is 3.83. The molecule has 0 atom stereocenters. The molecular weight excluding hydrogens is 278 g/mol. The second kappa shape index (κ2) is 5.26. The lowest BCUT2D eigenvalue weighted by Crippen LogP contribution is -2.15. The van der Waals surface area contributed by atoms with Crippen molar-refractivity contribution < 1.29 is 12.8 Å². The van der Waals surface area contributed by atoms with Crippen molar-refractivity contribution in [1.82, 2.24) is 10.3 Å². The summed E-state index contributed by atoms with van der Waals surface area (Å²) >= 11 is 0. The molecule has 0 aliphatic heterocycles. The van der Waals surface area contributed by atoms with Crippen molar-refractivity contribution in [2.45, 2.75) is 30.5 Å². The molecule has 1 aliphatic carbocycles. The summed E-state index contributed by atoms with van der Waals surface area (Å²) in [6.07, 6.45) is 5.39. The van der Waals surface area contributed by atoms with E-state index in [4.69, 9.17) is 4.42 Å². The molecule has 0 aromatic carbocycles. The second-order valence-electron chi connectivity index (χ2n) is 4.72. The molecule has 6 nitrogen and oxygen atoms in total. The van der Waals surface area contributed by atoms with Crippen LogP contribution in [0.1, 0.15) is 18.6 Å². The number of nitrogens with one attached hydrogen (secondary N) is 2. The Morgan fingerprint density at radius 1 is 1.20 bits per heavy atom. The van der Waals surface area contributed by atoms with Crippen molar-refractivity contribution in [3.05, 3.63) is 42.4 Å². The predicted molar refractivity (Wildman–Crippen MR) is 73.6 cm³/mol. The van der Waals surface area contributed by atoms with Crippen molar-refractivity contribution in [3.63, 3.8) is 0 Å². The number of sulfonamides is 1. The van der Waals surface area contributed by atoms with Crippen molar-refractivity contribution in [2.75, 3.05) is 4.72 Å². The van der Waals surface area contributed by atoms with Crippen LogP contribution < -0.4 is 10.0 Å². The van der Waals surface area contributed by atoms with Gasteiger partial charge in [0.1, 0.15) is 5.76 Å². The lowest BCUT2D eigenvalue weighted by atomic mass is 10.4. The lowest BCUT2D eigenvalue weighted by molar-refractivity contribution is 0.403. The molecule has 2 aromatic heterocycles. The van der Waals surface area contributed by atoms with E-state index < -0.39 is 10.0 Å². The highest BCUT2D eigenvalue weighted by atomic mass is 32.2. The molecular formula is C13H15N3O3S. The Morgan fingerprint density at radius 3 is 2.65 bits per heavy atom. The third-order valence-electron chi connectivity index (χ3n) is 2.98. The van der Waals surface area contributed by atoms with Gasteiger partial charge in [0, 0.05) is 18.4 Å². The molecule has 1 aliphatic rings. The van der Waals surface area contributed by atoms with E-state index in [9.17, 15) is 8.42 Å². The van der Waals surface area contributed by atoms with Gasteiger partial charge in [-0.15, -0.1) is 0 Å². The van der Waals surface area contributed by atoms with E-state index in [0.717, 1.165) is 0 Å². The summed E-state index contributed by atoms with van der Waals surface area (Å²) < 4.78 is 32.1. The molecule has 1 fully saturated rings. The fourth-order valence-corrected chi connectivity index (χ4v) is 2.77. The van der Waals surface area contributed by atoms with Crippen molar-refractivity contribution >= 4 is 15.7 Å². The number of furan rings is 1. The maximum absolute atomic E-state index is 12.1. The number of rotatable bonds is 6. The number of pyridine rings is 1. The highest BCUT2D eigenvalue weighted by Gasteiger charge is 2.22. The van der Waals surface area contributed by atoms with Crippen molar-refractivity contribution in [1.29, 1.82) is 0 Å². The van der Waals surface area contributed by atoms with Crippen LogP contribution in [-0.2, 0) is 16.6 Å². The number of hydrogen-bond acceptors (Lipinski definition) is 5. The zero-order valence-corrected chi connectivity index (χ0v) is 11.6.